The number of benzene rings is 1. The van der Waals surface area contributed by atoms with E-state index >= 15 is 0 Å². The third-order valence-corrected chi connectivity index (χ3v) is 2.09. The van der Waals surface area contributed by atoms with Gasteiger partial charge in [0, 0.05) is 11.8 Å². The van der Waals surface area contributed by atoms with Crippen molar-refractivity contribution in [1.82, 2.24) is 9.07 Å². The Labute approximate surface area is 74.3 Å². The molecule has 0 saturated heterocycles. The fraction of sp³-hybridized carbons (Fsp3) is 0.125. The number of hydrogen-bond acceptors (Lipinski definition) is 2. The van der Waals surface area contributed by atoms with Crippen LogP contribution >= 0.6 is 11.8 Å². The SMILES string of the molecule is OCc1nc2ccccc2n1Cl. The number of fused-ring (bicyclic) bond motifs is 1. The molecule has 0 saturated carbocycles. The van der Waals surface area contributed by atoms with Crippen LogP contribution < -0.4 is 0 Å². The number of para-hydroxylation sites is 2. The van der Waals surface area contributed by atoms with Crippen LogP contribution in [0.5, 0.6) is 0 Å². The maximum Gasteiger partial charge on any atom is 0.150 e. The summed E-state index contributed by atoms with van der Waals surface area (Å²) in [7, 11) is 0. The number of aliphatic hydroxyl groups excluding tert-OH is 1. The molecule has 0 spiro atoms. The second-order valence-electron chi connectivity index (χ2n) is 2.46. The summed E-state index contributed by atoms with van der Waals surface area (Å²) in [5.41, 5.74) is 1.62. The van der Waals surface area contributed by atoms with E-state index in [1.807, 2.05) is 24.3 Å². The molecule has 62 valence electrons. The second-order valence-corrected chi connectivity index (χ2v) is 2.79. The molecule has 0 aliphatic heterocycles. The topological polar surface area (TPSA) is 38.1 Å². The van der Waals surface area contributed by atoms with Gasteiger partial charge in [-0.05, 0) is 12.1 Å². The highest BCUT2D eigenvalue weighted by molar-refractivity contribution is 6.19. The highest BCUT2D eigenvalue weighted by Gasteiger charge is 2.05. The molecule has 0 amide bonds. The van der Waals surface area contributed by atoms with Crippen LogP contribution in [0.3, 0.4) is 0 Å². The van der Waals surface area contributed by atoms with E-state index in [0.29, 0.717) is 5.82 Å². The molecule has 0 atom stereocenters. The van der Waals surface area contributed by atoms with Crippen LogP contribution in [0.4, 0.5) is 0 Å². The Hall–Kier alpha value is -1.06. The van der Waals surface area contributed by atoms with Crippen LogP contribution in [0.1, 0.15) is 5.82 Å². The molecule has 4 heteroatoms. The summed E-state index contributed by atoms with van der Waals surface area (Å²) in [6, 6.07) is 7.47. The molecule has 1 heterocycles. The Morgan fingerprint density at radius 2 is 2.17 bits per heavy atom. The van der Waals surface area contributed by atoms with Crippen molar-refractivity contribution in [2.75, 3.05) is 0 Å². The van der Waals surface area contributed by atoms with Gasteiger partial charge in [-0.1, -0.05) is 12.1 Å². The standard InChI is InChI=1S/C8H7ClN2O/c9-11-7-4-2-1-3-6(7)10-8(11)5-12/h1-4,12H,5H2. The predicted molar refractivity (Wildman–Crippen MR) is 46.9 cm³/mol. The van der Waals surface area contributed by atoms with Gasteiger partial charge in [-0.2, -0.15) is 0 Å². The van der Waals surface area contributed by atoms with E-state index < -0.39 is 0 Å². The van der Waals surface area contributed by atoms with Crippen molar-refractivity contribution in [2.45, 2.75) is 6.61 Å². The summed E-state index contributed by atoms with van der Waals surface area (Å²) in [6.07, 6.45) is 0. The van der Waals surface area contributed by atoms with Crippen molar-refractivity contribution in [3.63, 3.8) is 0 Å². The summed E-state index contributed by atoms with van der Waals surface area (Å²) in [6.45, 7) is -0.141. The van der Waals surface area contributed by atoms with Gasteiger partial charge in [0.1, 0.15) is 12.4 Å². The smallest absolute Gasteiger partial charge is 0.150 e. The highest BCUT2D eigenvalue weighted by Crippen LogP contribution is 2.16. The Morgan fingerprint density at radius 1 is 1.42 bits per heavy atom. The van der Waals surface area contributed by atoms with Gasteiger partial charge in [0.25, 0.3) is 0 Å². The average molecular weight is 183 g/mol. The van der Waals surface area contributed by atoms with Crippen molar-refractivity contribution < 1.29 is 5.11 Å². The van der Waals surface area contributed by atoms with Crippen LogP contribution in [0.25, 0.3) is 11.0 Å². The van der Waals surface area contributed by atoms with Crippen LogP contribution in [0.15, 0.2) is 24.3 Å². The zero-order chi connectivity index (χ0) is 8.55. The van der Waals surface area contributed by atoms with Crippen LogP contribution in [-0.2, 0) is 6.61 Å². The number of imidazole rings is 1. The van der Waals surface area contributed by atoms with Crippen molar-refractivity contribution in [3.8, 4) is 0 Å². The summed E-state index contributed by atoms with van der Waals surface area (Å²) in [4.78, 5) is 4.11. The first-order valence-corrected chi connectivity index (χ1v) is 3.90. The molecular formula is C8H7ClN2O. The molecular weight excluding hydrogens is 176 g/mol. The van der Waals surface area contributed by atoms with Gasteiger partial charge in [-0.15, -0.1) is 0 Å². The molecule has 2 rings (SSSR count). The van der Waals surface area contributed by atoms with E-state index in [4.69, 9.17) is 16.9 Å². The molecule has 1 aromatic heterocycles. The van der Waals surface area contributed by atoms with E-state index in [1.54, 1.807) is 0 Å². The monoisotopic (exact) mass is 182 g/mol. The molecule has 2 aromatic rings. The summed E-state index contributed by atoms with van der Waals surface area (Å²) < 4.78 is 1.37. The fourth-order valence-electron chi connectivity index (χ4n) is 1.14. The van der Waals surface area contributed by atoms with Gasteiger partial charge in [-0.3, -0.25) is 0 Å². The largest absolute Gasteiger partial charge is 0.388 e. The van der Waals surface area contributed by atoms with Crippen LogP contribution in [0.2, 0.25) is 0 Å². The number of aromatic nitrogens is 2. The maximum absolute atomic E-state index is 8.85. The molecule has 0 radical (unpaired) electrons. The molecule has 1 N–H and O–H groups in total. The summed E-state index contributed by atoms with van der Waals surface area (Å²) >= 11 is 5.85. The number of hydrogen-bond donors (Lipinski definition) is 1. The molecule has 3 nitrogen and oxygen atoms in total. The lowest BCUT2D eigenvalue weighted by Gasteiger charge is -1.92. The van der Waals surface area contributed by atoms with Gasteiger partial charge >= 0.3 is 0 Å². The van der Waals surface area contributed by atoms with Crippen LogP contribution in [-0.4, -0.2) is 14.2 Å². The van der Waals surface area contributed by atoms with E-state index in [0.717, 1.165) is 11.0 Å². The normalized spacial score (nSPS) is 10.8. The Morgan fingerprint density at radius 3 is 2.83 bits per heavy atom. The van der Waals surface area contributed by atoms with Gasteiger partial charge < -0.3 is 5.11 Å². The third-order valence-electron chi connectivity index (χ3n) is 1.71. The van der Waals surface area contributed by atoms with E-state index in [1.165, 1.54) is 4.09 Å². The van der Waals surface area contributed by atoms with Gasteiger partial charge in [0.2, 0.25) is 0 Å². The minimum Gasteiger partial charge on any atom is -0.388 e. The third kappa shape index (κ3) is 0.983. The Kier molecular flexibility index (Phi) is 1.75. The van der Waals surface area contributed by atoms with Crippen molar-refractivity contribution in [1.29, 1.82) is 0 Å². The molecule has 0 aliphatic rings. The molecule has 0 aliphatic carbocycles. The quantitative estimate of drug-likeness (QED) is 0.727. The molecule has 12 heavy (non-hydrogen) atoms. The average Bonchev–Trinajstić information content (AvgIpc) is 2.44. The molecule has 0 bridgehead atoms. The number of nitrogens with zero attached hydrogens (tertiary/aromatic N) is 2. The zero-order valence-corrected chi connectivity index (χ0v) is 6.99. The summed E-state index contributed by atoms with van der Waals surface area (Å²) in [5.74, 6) is 0.470. The van der Waals surface area contributed by atoms with E-state index in [-0.39, 0.29) is 6.61 Å². The lowest BCUT2D eigenvalue weighted by atomic mass is 10.3. The second kappa shape index (κ2) is 2.77. The first kappa shape index (κ1) is 7.58. The molecule has 1 aromatic carbocycles. The number of rotatable bonds is 1. The fourth-order valence-corrected chi connectivity index (χ4v) is 1.38. The van der Waals surface area contributed by atoms with Crippen molar-refractivity contribution >= 4 is 22.8 Å². The number of halogens is 1. The summed E-state index contributed by atoms with van der Waals surface area (Å²) in [5, 5.41) is 8.85. The van der Waals surface area contributed by atoms with E-state index in [2.05, 4.69) is 4.98 Å². The van der Waals surface area contributed by atoms with E-state index in [9.17, 15) is 0 Å². The van der Waals surface area contributed by atoms with Crippen molar-refractivity contribution in [3.05, 3.63) is 30.1 Å². The first-order chi connectivity index (χ1) is 5.83. The minimum atomic E-state index is -0.141. The number of aliphatic hydroxyl groups is 1. The molecule has 0 unspecified atom stereocenters. The van der Waals surface area contributed by atoms with Gasteiger partial charge in [0.15, 0.2) is 0 Å². The van der Waals surface area contributed by atoms with Gasteiger partial charge in [-0.25, -0.2) is 9.07 Å². The minimum absolute atomic E-state index is 0.141. The first-order valence-electron chi connectivity index (χ1n) is 3.56. The Balaban J connectivity index is 2.78. The highest BCUT2D eigenvalue weighted by atomic mass is 35.5. The molecule has 0 fully saturated rings. The predicted octanol–water partition coefficient (Wildman–Crippen LogP) is 1.53. The Bertz CT molecular complexity index is 410. The van der Waals surface area contributed by atoms with Gasteiger partial charge in [0.05, 0.1) is 11.0 Å². The zero-order valence-electron chi connectivity index (χ0n) is 6.24. The van der Waals surface area contributed by atoms with Crippen LogP contribution in [0, 0.1) is 0 Å². The lowest BCUT2D eigenvalue weighted by Crippen LogP contribution is -1.90. The maximum atomic E-state index is 8.85. The van der Waals surface area contributed by atoms with Crippen molar-refractivity contribution in [2.24, 2.45) is 0 Å². The lowest BCUT2D eigenvalue weighted by molar-refractivity contribution is 0.271.